The second-order valence-corrected chi connectivity index (χ2v) is 7.49. The molecular formula is C17H25BrN2. The van der Waals surface area contributed by atoms with Crippen LogP contribution in [0.25, 0.3) is 0 Å². The molecule has 1 N–H and O–H groups in total. The Morgan fingerprint density at radius 1 is 1.35 bits per heavy atom. The van der Waals surface area contributed by atoms with Crippen LogP contribution in [0.3, 0.4) is 0 Å². The highest BCUT2D eigenvalue weighted by Gasteiger charge is 2.32. The SMILES string of the molecule is CC(CNC1CC(c2cccc(Br)c2)C1)N(C)C1CC1. The summed E-state index contributed by atoms with van der Waals surface area (Å²) < 4.78 is 1.20. The molecule has 0 amide bonds. The van der Waals surface area contributed by atoms with Gasteiger partial charge in [0.25, 0.3) is 0 Å². The minimum Gasteiger partial charge on any atom is -0.312 e. The van der Waals surface area contributed by atoms with E-state index >= 15 is 0 Å². The normalized spacial score (nSPS) is 27.4. The van der Waals surface area contributed by atoms with E-state index in [0.29, 0.717) is 12.1 Å². The van der Waals surface area contributed by atoms with E-state index in [4.69, 9.17) is 0 Å². The molecule has 1 atom stereocenters. The smallest absolute Gasteiger partial charge is 0.0192 e. The van der Waals surface area contributed by atoms with Crippen LogP contribution < -0.4 is 5.32 Å². The molecule has 1 aromatic rings. The topological polar surface area (TPSA) is 15.3 Å². The van der Waals surface area contributed by atoms with E-state index in [0.717, 1.165) is 18.5 Å². The molecule has 0 bridgehead atoms. The third kappa shape index (κ3) is 3.44. The van der Waals surface area contributed by atoms with Crippen LogP contribution in [0.2, 0.25) is 0 Å². The molecule has 0 aromatic heterocycles. The quantitative estimate of drug-likeness (QED) is 0.850. The lowest BCUT2D eigenvalue weighted by Crippen LogP contribution is -2.46. The second kappa shape index (κ2) is 6.17. The van der Waals surface area contributed by atoms with Gasteiger partial charge >= 0.3 is 0 Å². The van der Waals surface area contributed by atoms with E-state index in [1.54, 1.807) is 0 Å². The second-order valence-electron chi connectivity index (χ2n) is 6.57. The van der Waals surface area contributed by atoms with Crippen LogP contribution in [0.4, 0.5) is 0 Å². The summed E-state index contributed by atoms with van der Waals surface area (Å²) in [6, 6.07) is 11.0. The highest BCUT2D eigenvalue weighted by atomic mass is 79.9. The molecule has 0 heterocycles. The maximum absolute atomic E-state index is 3.74. The molecule has 2 nitrogen and oxygen atoms in total. The van der Waals surface area contributed by atoms with Crippen LogP contribution in [0.15, 0.2) is 28.7 Å². The minimum atomic E-state index is 0.660. The van der Waals surface area contributed by atoms with Crippen LogP contribution in [0.1, 0.15) is 44.1 Å². The van der Waals surface area contributed by atoms with E-state index in [1.807, 2.05) is 0 Å². The summed E-state index contributed by atoms with van der Waals surface area (Å²) in [5.74, 6) is 0.751. The average Bonchev–Trinajstić information content (AvgIpc) is 3.20. The zero-order valence-corrected chi connectivity index (χ0v) is 14.1. The molecule has 20 heavy (non-hydrogen) atoms. The number of hydrogen-bond donors (Lipinski definition) is 1. The van der Waals surface area contributed by atoms with Crippen molar-refractivity contribution in [2.45, 2.75) is 56.7 Å². The van der Waals surface area contributed by atoms with Crippen LogP contribution in [0, 0.1) is 0 Å². The molecule has 3 rings (SSSR count). The van der Waals surface area contributed by atoms with Gasteiger partial charge in [0.05, 0.1) is 0 Å². The molecule has 2 fully saturated rings. The molecular weight excluding hydrogens is 312 g/mol. The standard InChI is InChI=1S/C17H25BrN2/c1-12(20(2)17-6-7-17)11-19-16-9-14(10-16)13-4-3-5-15(18)8-13/h3-5,8,12,14,16-17,19H,6-7,9-11H2,1-2H3. The maximum Gasteiger partial charge on any atom is 0.0192 e. The Morgan fingerprint density at radius 3 is 2.75 bits per heavy atom. The van der Waals surface area contributed by atoms with Gasteiger partial charge in [-0.15, -0.1) is 0 Å². The van der Waals surface area contributed by atoms with Crippen molar-refractivity contribution < 1.29 is 0 Å². The first-order chi connectivity index (χ1) is 9.63. The van der Waals surface area contributed by atoms with Crippen molar-refractivity contribution in [1.29, 1.82) is 0 Å². The van der Waals surface area contributed by atoms with Gasteiger partial charge in [-0.1, -0.05) is 28.1 Å². The summed E-state index contributed by atoms with van der Waals surface area (Å²) in [6.45, 7) is 3.47. The lowest BCUT2D eigenvalue weighted by Gasteiger charge is -2.38. The number of likely N-dealkylation sites (N-methyl/N-ethyl adjacent to an activating group) is 1. The van der Waals surface area contributed by atoms with Gasteiger partial charge in [-0.2, -0.15) is 0 Å². The number of nitrogens with zero attached hydrogens (tertiary/aromatic N) is 1. The predicted molar refractivity (Wildman–Crippen MR) is 88.2 cm³/mol. The highest BCUT2D eigenvalue weighted by molar-refractivity contribution is 9.10. The van der Waals surface area contributed by atoms with Gasteiger partial charge in [-0.3, -0.25) is 4.90 Å². The summed E-state index contributed by atoms with van der Waals surface area (Å²) >= 11 is 3.56. The number of halogens is 1. The van der Waals surface area contributed by atoms with Crippen molar-refractivity contribution in [3.8, 4) is 0 Å². The van der Waals surface area contributed by atoms with Crippen molar-refractivity contribution in [3.05, 3.63) is 34.3 Å². The fourth-order valence-electron chi connectivity index (χ4n) is 3.14. The van der Waals surface area contributed by atoms with Crippen molar-refractivity contribution in [3.63, 3.8) is 0 Å². The van der Waals surface area contributed by atoms with Gasteiger partial charge in [0, 0.05) is 29.1 Å². The molecule has 0 spiro atoms. The van der Waals surface area contributed by atoms with Gasteiger partial charge in [0.1, 0.15) is 0 Å². The van der Waals surface area contributed by atoms with E-state index < -0.39 is 0 Å². The number of hydrogen-bond acceptors (Lipinski definition) is 2. The van der Waals surface area contributed by atoms with Crippen LogP contribution >= 0.6 is 15.9 Å². The molecule has 3 heteroatoms. The fourth-order valence-corrected chi connectivity index (χ4v) is 3.56. The molecule has 0 radical (unpaired) electrons. The first kappa shape index (κ1) is 14.6. The third-order valence-electron chi connectivity index (χ3n) is 4.98. The molecule has 2 saturated carbocycles. The van der Waals surface area contributed by atoms with Gasteiger partial charge in [-0.25, -0.2) is 0 Å². The molecule has 0 saturated heterocycles. The molecule has 2 aliphatic carbocycles. The zero-order valence-electron chi connectivity index (χ0n) is 12.5. The Labute approximate surface area is 131 Å². The summed E-state index contributed by atoms with van der Waals surface area (Å²) in [6.07, 6.45) is 5.37. The average molecular weight is 337 g/mol. The molecule has 110 valence electrons. The van der Waals surface area contributed by atoms with Crippen molar-refractivity contribution in [2.75, 3.05) is 13.6 Å². The lowest BCUT2D eigenvalue weighted by molar-refractivity contribution is 0.213. The number of benzene rings is 1. The molecule has 2 aliphatic rings. The van der Waals surface area contributed by atoms with Crippen molar-refractivity contribution in [1.82, 2.24) is 10.2 Å². The Bertz CT molecular complexity index is 452. The number of nitrogens with one attached hydrogen (secondary N) is 1. The Morgan fingerprint density at radius 2 is 2.10 bits per heavy atom. The Kier molecular flexibility index (Phi) is 4.49. The minimum absolute atomic E-state index is 0.660. The van der Waals surface area contributed by atoms with E-state index in [9.17, 15) is 0 Å². The van der Waals surface area contributed by atoms with Gasteiger partial charge < -0.3 is 5.32 Å². The first-order valence-corrected chi connectivity index (χ1v) is 8.63. The summed E-state index contributed by atoms with van der Waals surface area (Å²) in [7, 11) is 2.27. The molecule has 0 aliphatic heterocycles. The van der Waals surface area contributed by atoms with Crippen LogP contribution in [-0.4, -0.2) is 36.6 Å². The monoisotopic (exact) mass is 336 g/mol. The fraction of sp³-hybridized carbons (Fsp3) is 0.647. The highest BCUT2D eigenvalue weighted by Crippen LogP contribution is 2.37. The largest absolute Gasteiger partial charge is 0.312 e. The molecule has 1 unspecified atom stereocenters. The zero-order chi connectivity index (χ0) is 14.1. The lowest BCUT2D eigenvalue weighted by atomic mass is 9.76. The summed E-state index contributed by atoms with van der Waals surface area (Å²) in [4.78, 5) is 2.54. The third-order valence-corrected chi connectivity index (χ3v) is 5.47. The Balaban J connectivity index is 1.40. The summed E-state index contributed by atoms with van der Waals surface area (Å²) in [5, 5.41) is 3.74. The number of rotatable bonds is 6. The van der Waals surface area contributed by atoms with Gasteiger partial charge in [-0.05, 0) is 63.3 Å². The maximum atomic E-state index is 3.74. The van der Waals surface area contributed by atoms with E-state index in [2.05, 4.69) is 64.4 Å². The van der Waals surface area contributed by atoms with Crippen molar-refractivity contribution in [2.24, 2.45) is 0 Å². The van der Waals surface area contributed by atoms with Gasteiger partial charge in [0.2, 0.25) is 0 Å². The first-order valence-electron chi connectivity index (χ1n) is 7.84. The van der Waals surface area contributed by atoms with Crippen LogP contribution in [-0.2, 0) is 0 Å². The predicted octanol–water partition coefficient (Wildman–Crippen LogP) is 3.77. The van der Waals surface area contributed by atoms with Crippen LogP contribution in [0.5, 0.6) is 0 Å². The van der Waals surface area contributed by atoms with E-state index in [1.165, 1.54) is 35.7 Å². The van der Waals surface area contributed by atoms with Crippen molar-refractivity contribution >= 4 is 15.9 Å². The Hall–Kier alpha value is -0.380. The summed E-state index contributed by atoms with van der Waals surface area (Å²) in [5.41, 5.74) is 1.49. The molecule has 1 aromatic carbocycles. The van der Waals surface area contributed by atoms with E-state index in [-0.39, 0.29) is 0 Å². The van der Waals surface area contributed by atoms with Gasteiger partial charge in [0.15, 0.2) is 0 Å².